The van der Waals surface area contributed by atoms with Gasteiger partial charge in [0.05, 0.1) is 12.7 Å². The molecule has 0 aromatic heterocycles. The fourth-order valence-electron chi connectivity index (χ4n) is 3.45. The number of fused-ring (bicyclic) bond motifs is 1. The van der Waals surface area contributed by atoms with Crippen molar-refractivity contribution in [2.75, 3.05) is 19.8 Å². The number of esters is 1. The lowest BCUT2D eigenvalue weighted by Gasteiger charge is -2.27. The molecule has 0 aliphatic heterocycles. The van der Waals surface area contributed by atoms with Crippen LogP contribution in [0.3, 0.4) is 0 Å². The zero-order chi connectivity index (χ0) is 19.9. The van der Waals surface area contributed by atoms with Gasteiger partial charge in [0, 0.05) is 17.6 Å². The van der Waals surface area contributed by atoms with Gasteiger partial charge in [-0.2, -0.15) is 0 Å². The second-order valence-electron chi connectivity index (χ2n) is 6.94. The molecule has 0 spiro atoms. The normalized spacial score (nSPS) is 16.3. The molecular weight excluding hydrogens is 413 g/mol. The molecule has 0 saturated heterocycles. The molecule has 158 valence electrons. The van der Waals surface area contributed by atoms with Gasteiger partial charge in [0.2, 0.25) is 0 Å². The quantitative estimate of drug-likeness (QED) is 0.610. The molecule has 2 aromatic carbocycles. The molecule has 3 rings (SSSR count). The van der Waals surface area contributed by atoms with E-state index in [9.17, 15) is 9.90 Å². The summed E-state index contributed by atoms with van der Waals surface area (Å²) in [6, 6.07) is 13.5. The predicted octanol–water partition coefficient (Wildman–Crippen LogP) is 3.88. The first-order chi connectivity index (χ1) is 13.5. The highest BCUT2D eigenvalue weighted by atomic mass is 35.5. The van der Waals surface area contributed by atoms with Crippen LogP contribution in [0.5, 0.6) is 5.75 Å². The van der Waals surface area contributed by atoms with Crippen LogP contribution in [0.25, 0.3) is 0 Å². The van der Waals surface area contributed by atoms with Crippen LogP contribution in [0.4, 0.5) is 0 Å². The Balaban J connectivity index is 0.00000300. The average molecular weight is 440 g/mol. The first-order valence-corrected chi connectivity index (χ1v) is 10.00. The van der Waals surface area contributed by atoms with Crippen molar-refractivity contribution in [3.8, 4) is 5.75 Å². The smallest absolute Gasteiger partial charge is 0.344 e. The Morgan fingerprint density at radius 3 is 2.86 bits per heavy atom. The lowest BCUT2D eigenvalue weighted by molar-refractivity contribution is -0.145. The van der Waals surface area contributed by atoms with Gasteiger partial charge in [0.15, 0.2) is 6.61 Å². The number of carbonyl (C=O) groups is 1. The summed E-state index contributed by atoms with van der Waals surface area (Å²) in [6.45, 7) is 2.51. The molecule has 0 radical (unpaired) electrons. The first kappa shape index (κ1) is 23.5. The lowest BCUT2D eigenvalue weighted by Crippen LogP contribution is -2.37. The van der Waals surface area contributed by atoms with Crippen LogP contribution < -0.4 is 10.1 Å². The zero-order valence-electron chi connectivity index (χ0n) is 16.4. The van der Waals surface area contributed by atoms with Crippen molar-refractivity contribution in [2.45, 2.75) is 38.3 Å². The molecule has 1 unspecified atom stereocenters. The summed E-state index contributed by atoms with van der Waals surface area (Å²) in [6.07, 6.45) is 2.24. The predicted molar refractivity (Wildman–Crippen MR) is 116 cm³/mol. The summed E-state index contributed by atoms with van der Waals surface area (Å²) in [5, 5.41) is 14.5. The Hall–Kier alpha value is -1.79. The number of hydrogen-bond acceptors (Lipinski definition) is 5. The number of halogens is 2. The van der Waals surface area contributed by atoms with Crippen LogP contribution >= 0.6 is 24.0 Å². The van der Waals surface area contributed by atoms with Gasteiger partial charge in [-0.05, 0) is 67.1 Å². The summed E-state index contributed by atoms with van der Waals surface area (Å²) in [5.74, 6) is 0.307. The van der Waals surface area contributed by atoms with Crippen LogP contribution in [0.1, 0.15) is 36.1 Å². The standard InChI is InChI=1S/C22H26ClNO4.ClH/c1-2-27-22(26)14-28-20-9-7-15-6-8-19(11-17(15)12-20)24-13-21(25)16-4-3-5-18(23)10-16;/h3-5,7,9-10,12,19,21,24-25H,2,6,8,11,13-14H2,1H3;1H/t19?,21-;/m1./s1. The number of benzene rings is 2. The summed E-state index contributed by atoms with van der Waals surface area (Å²) < 4.78 is 10.4. The second kappa shape index (κ2) is 11.4. The molecule has 0 amide bonds. The highest BCUT2D eigenvalue weighted by Gasteiger charge is 2.20. The minimum absolute atomic E-state index is 0. The Kier molecular flexibility index (Phi) is 9.24. The number of rotatable bonds is 8. The Bertz CT molecular complexity index is 815. The van der Waals surface area contributed by atoms with Crippen molar-refractivity contribution in [3.05, 3.63) is 64.2 Å². The molecule has 2 atom stereocenters. The molecule has 7 heteroatoms. The number of aryl methyl sites for hydroxylation is 1. The van der Waals surface area contributed by atoms with Crippen LogP contribution in [-0.2, 0) is 22.4 Å². The van der Waals surface area contributed by atoms with Gasteiger partial charge in [0.1, 0.15) is 5.75 Å². The molecule has 1 aliphatic carbocycles. The van der Waals surface area contributed by atoms with Crippen molar-refractivity contribution in [1.82, 2.24) is 5.32 Å². The zero-order valence-corrected chi connectivity index (χ0v) is 18.0. The SMILES string of the molecule is CCOC(=O)COc1ccc2c(c1)CC(NC[C@@H](O)c1cccc(Cl)c1)CC2.Cl. The maximum absolute atomic E-state index is 11.5. The number of aliphatic hydroxyl groups excluding tert-OH is 1. The van der Waals surface area contributed by atoms with Crippen molar-refractivity contribution in [1.29, 1.82) is 0 Å². The van der Waals surface area contributed by atoms with E-state index in [4.69, 9.17) is 21.1 Å². The van der Waals surface area contributed by atoms with Crippen LogP contribution in [0, 0.1) is 0 Å². The summed E-state index contributed by atoms with van der Waals surface area (Å²) in [7, 11) is 0. The first-order valence-electron chi connectivity index (χ1n) is 9.62. The summed E-state index contributed by atoms with van der Waals surface area (Å²) >= 11 is 6.00. The highest BCUT2D eigenvalue weighted by Crippen LogP contribution is 2.26. The summed E-state index contributed by atoms with van der Waals surface area (Å²) in [4.78, 5) is 11.5. The highest BCUT2D eigenvalue weighted by molar-refractivity contribution is 6.30. The molecular formula is C22H27Cl2NO4. The molecule has 2 aromatic rings. The van der Waals surface area contributed by atoms with Gasteiger partial charge in [-0.15, -0.1) is 12.4 Å². The molecule has 0 bridgehead atoms. The van der Waals surface area contributed by atoms with E-state index in [1.807, 2.05) is 24.3 Å². The largest absolute Gasteiger partial charge is 0.482 e. The minimum atomic E-state index is -0.598. The van der Waals surface area contributed by atoms with E-state index >= 15 is 0 Å². The van der Waals surface area contributed by atoms with Crippen molar-refractivity contribution >= 4 is 30.0 Å². The number of hydrogen-bond donors (Lipinski definition) is 2. The second-order valence-corrected chi connectivity index (χ2v) is 7.38. The lowest BCUT2D eigenvalue weighted by atomic mass is 9.88. The fraction of sp³-hybridized carbons (Fsp3) is 0.409. The van der Waals surface area contributed by atoms with E-state index < -0.39 is 6.10 Å². The Morgan fingerprint density at radius 2 is 2.10 bits per heavy atom. The maximum Gasteiger partial charge on any atom is 0.344 e. The number of carbonyl (C=O) groups excluding carboxylic acids is 1. The average Bonchev–Trinajstić information content (AvgIpc) is 2.70. The molecule has 29 heavy (non-hydrogen) atoms. The third kappa shape index (κ3) is 6.89. The molecule has 0 heterocycles. The van der Waals surface area contributed by atoms with Gasteiger partial charge >= 0.3 is 5.97 Å². The minimum Gasteiger partial charge on any atom is -0.482 e. The topological polar surface area (TPSA) is 67.8 Å². The van der Waals surface area contributed by atoms with Gasteiger partial charge < -0.3 is 19.9 Å². The van der Waals surface area contributed by atoms with Gasteiger partial charge in [-0.3, -0.25) is 0 Å². The molecule has 5 nitrogen and oxygen atoms in total. The van der Waals surface area contributed by atoms with Crippen molar-refractivity contribution in [2.24, 2.45) is 0 Å². The van der Waals surface area contributed by atoms with E-state index in [1.165, 1.54) is 11.1 Å². The van der Waals surface area contributed by atoms with Crippen LogP contribution in [0.15, 0.2) is 42.5 Å². The van der Waals surface area contributed by atoms with Crippen LogP contribution in [-0.4, -0.2) is 36.9 Å². The number of nitrogens with one attached hydrogen (secondary N) is 1. The van der Waals surface area contributed by atoms with Crippen molar-refractivity contribution in [3.63, 3.8) is 0 Å². The maximum atomic E-state index is 11.5. The molecule has 1 aliphatic rings. The monoisotopic (exact) mass is 439 g/mol. The van der Waals surface area contributed by atoms with E-state index in [0.717, 1.165) is 24.8 Å². The van der Waals surface area contributed by atoms with E-state index in [1.54, 1.807) is 19.1 Å². The van der Waals surface area contributed by atoms with Crippen molar-refractivity contribution < 1.29 is 19.4 Å². The van der Waals surface area contributed by atoms with Crippen LogP contribution in [0.2, 0.25) is 5.02 Å². The van der Waals surface area contributed by atoms with E-state index in [0.29, 0.717) is 23.9 Å². The summed E-state index contributed by atoms with van der Waals surface area (Å²) in [5.41, 5.74) is 3.32. The Labute approximate surface area is 182 Å². The molecule has 0 saturated carbocycles. The Morgan fingerprint density at radius 1 is 1.28 bits per heavy atom. The van der Waals surface area contributed by atoms with E-state index in [2.05, 4.69) is 11.4 Å². The third-order valence-corrected chi connectivity index (χ3v) is 5.14. The number of ether oxygens (including phenoxy) is 2. The fourth-order valence-corrected chi connectivity index (χ4v) is 3.65. The van der Waals surface area contributed by atoms with Gasteiger partial charge in [-0.1, -0.05) is 29.8 Å². The molecule has 0 fully saturated rings. The van der Waals surface area contributed by atoms with Gasteiger partial charge in [-0.25, -0.2) is 4.79 Å². The van der Waals surface area contributed by atoms with Gasteiger partial charge in [0.25, 0.3) is 0 Å². The third-order valence-electron chi connectivity index (χ3n) is 4.90. The van der Waals surface area contributed by atoms with E-state index in [-0.39, 0.29) is 31.0 Å². The number of aliphatic hydroxyl groups is 1. The molecule has 2 N–H and O–H groups in total.